The average molecular weight is 1050 g/mol. The Morgan fingerprint density at radius 2 is 1.00 bits per heavy atom. The van der Waals surface area contributed by atoms with Crippen molar-refractivity contribution in [1.82, 2.24) is 4.90 Å². The number of aliphatic hydroxyl groups is 2. The van der Waals surface area contributed by atoms with Crippen molar-refractivity contribution in [2.75, 3.05) is 67.4 Å². The first-order chi connectivity index (χ1) is 34.8. The number of aliphatic carboxylic acids is 1. The van der Waals surface area contributed by atoms with Gasteiger partial charge in [0.25, 0.3) is 0 Å². The van der Waals surface area contributed by atoms with Crippen molar-refractivity contribution in [3.05, 3.63) is 131 Å². The molecule has 4 aromatic rings. The number of ketones is 3. The highest BCUT2D eigenvalue weighted by Gasteiger charge is 2.38. The summed E-state index contributed by atoms with van der Waals surface area (Å²) in [4.78, 5) is 74.2. The normalized spacial score (nSPS) is 12.2. The van der Waals surface area contributed by atoms with Crippen LogP contribution in [0.2, 0.25) is 6.04 Å². The standard InChI is InChI=1S/C36H53NO13Si.C20H22O3/c1-35(2,42)33(40)27-9-13-29(14-10-27)47-22-23-49-32(39)18-21-37(20-17-31(38)44-5)19-8-26-51(45-6,46-7)50-25-24-48-30-15-11-28(12-16-30)34(41)36(3,4)43;1-20(2,3)19(23)16-11-9-15(10-12-16)17(13-18(21)22)14-7-5-4-6-8-14/h9-16,42-43H,8,17-26H2,1-7H3;4-12,17H,13H2,1-3H3,(H,21,22). The van der Waals surface area contributed by atoms with Gasteiger partial charge in [-0.3, -0.25) is 28.8 Å². The minimum Gasteiger partial charge on any atom is -0.491 e. The Bertz CT molecular complexity index is 2380. The fourth-order valence-corrected chi connectivity index (χ4v) is 9.32. The molecule has 1 unspecified atom stereocenters. The van der Waals surface area contributed by atoms with Crippen molar-refractivity contribution in [1.29, 1.82) is 0 Å². The molecule has 0 aliphatic heterocycles. The van der Waals surface area contributed by atoms with Crippen LogP contribution in [0.25, 0.3) is 0 Å². The van der Waals surface area contributed by atoms with E-state index in [1.807, 2.05) is 68.1 Å². The topological polar surface area (TPSA) is 231 Å². The van der Waals surface area contributed by atoms with E-state index in [1.165, 1.54) is 49.0 Å². The Labute approximate surface area is 436 Å². The molecule has 0 saturated carbocycles. The summed E-state index contributed by atoms with van der Waals surface area (Å²) in [6, 6.07) is 30.2. The Morgan fingerprint density at radius 1 is 0.554 bits per heavy atom. The summed E-state index contributed by atoms with van der Waals surface area (Å²) in [5.74, 6) is -1.52. The first-order valence-electron chi connectivity index (χ1n) is 24.4. The van der Waals surface area contributed by atoms with E-state index in [2.05, 4.69) is 0 Å². The molecule has 0 saturated heterocycles. The van der Waals surface area contributed by atoms with Gasteiger partial charge in [-0.25, -0.2) is 0 Å². The maximum Gasteiger partial charge on any atom is 0.500 e. The lowest BCUT2D eigenvalue weighted by Gasteiger charge is -2.28. The van der Waals surface area contributed by atoms with Gasteiger partial charge in [-0.2, -0.15) is 0 Å². The van der Waals surface area contributed by atoms with Gasteiger partial charge in [0, 0.05) is 61.4 Å². The average Bonchev–Trinajstić information content (AvgIpc) is 3.37. The molecule has 4 aromatic carbocycles. The summed E-state index contributed by atoms with van der Waals surface area (Å²) in [6.07, 6.45) is 0.858. The molecule has 0 aliphatic rings. The van der Waals surface area contributed by atoms with Gasteiger partial charge < -0.3 is 52.4 Å². The van der Waals surface area contributed by atoms with Crippen molar-refractivity contribution < 1.29 is 76.3 Å². The minimum absolute atomic E-state index is 0.0231. The molecule has 0 aromatic heterocycles. The predicted molar refractivity (Wildman–Crippen MR) is 280 cm³/mol. The van der Waals surface area contributed by atoms with Gasteiger partial charge in [-0.05, 0) is 100 Å². The lowest BCUT2D eigenvalue weighted by molar-refractivity contribution is -0.144. The zero-order valence-electron chi connectivity index (χ0n) is 44.5. The maximum absolute atomic E-state index is 12.5. The number of rotatable bonds is 30. The molecule has 3 N–H and O–H groups in total. The van der Waals surface area contributed by atoms with Crippen LogP contribution < -0.4 is 9.47 Å². The van der Waals surface area contributed by atoms with Crippen LogP contribution in [-0.4, -0.2) is 143 Å². The second-order valence-corrected chi connectivity index (χ2v) is 22.4. The summed E-state index contributed by atoms with van der Waals surface area (Å²) >= 11 is 0. The zero-order valence-corrected chi connectivity index (χ0v) is 45.5. The highest BCUT2D eigenvalue weighted by Crippen LogP contribution is 2.30. The maximum atomic E-state index is 12.5. The molecular formula is C56H75NO16Si. The van der Waals surface area contributed by atoms with Crippen molar-refractivity contribution in [2.45, 2.75) is 97.3 Å². The largest absolute Gasteiger partial charge is 0.500 e. The molecule has 74 heavy (non-hydrogen) atoms. The van der Waals surface area contributed by atoms with Crippen molar-refractivity contribution in [3.63, 3.8) is 0 Å². The minimum atomic E-state index is -3.06. The number of Topliss-reactive ketones (excluding diaryl/α,β-unsaturated/α-hetero) is 3. The van der Waals surface area contributed by atoms with Crippen LogP contribution in [0.5, 0.6) is 11.5 Å². The molecule has 18 heteroatoms. The SMILES string of the molecule is CC(C)(C)C(=O)c1ccc(C(CC(=O)O)c2ccccc2)cc1.COC(=O)CCN(CCC[Si](OC)(OC)OCCOc1ccc(C(=O)C(C)(C)O)cc1)CCC(=O)OCCOc1ccc(C(=O)C(C)(C)O)cc1. The third kappa shape index (κ3) is 21.4. The van der Waals surface area contributed by atoms with E-state index in [9.17, 15) is 44.1 Å². The first-order valence-corrected chi connectivity index (χ1v) is 26.4. The molecular weight excluding hydrogens is 971 g/mol. The molecule has 0 radical (unpaired) electrons. The second kappa shape index (κ2) is 29.7. The number of nitrogens with zero attached hydrogens (tertiary/aromatic N) is 1. The van der Waals surface area contributed by atoms with Gasteiger partial charge in [0.2, 0.25) is 0 Å². The smallest absolute Gasteiger partial charge is 0.491 e. The fourth-order valence-electron chi connectivity index (χ4n) is 7.38. The molecule has 0 aliphatic carbocycles. The number of carbonyl (C=O) groups is 6. The number of hydrogen-bond acceptors (Lipinski definition) is 16. The summed E-state index contributed by atoms with van der Waals surface area (Å²) in [5, 5.41) is 29.0. The van der Waals surface area contributed by atoms with Crippen LogP contribution in [0, 0.1) is 5.41 Å². The molecule has 0 bridgehead atoms. The highest BCUT2D eigenvalue weighted by atomic mass is 28.4. The molecule has 17 nitrogen and oxygen atoms in total. The summed E-state index contributed by atoms with van der Waals surface area (Å²) in [5.41, 5.74) is -0.109. The van der Waals surface area contributed by atoms with Crippen molar-refractivity contribution in [3.8, 4) is 11.5 Å². The van der Waals surface area contributed by atoms with Crippen LogP contribution in [-0.2, 0) is 37.1 Å². The second-order valence-electron chi connectivity index (χ2n) is 19.5. The van der Waals surface area contributed by atoms with E-state index in [1.54, 1.807) is 60.7 Å². The van der Waals surface area contributed by atoms with E-state index in [4.69, 9.17) is 32.2 Å². The number of esters is 2. The van der Waals surface area contributed by atoms with Crippen molar-refractivity contribution >= 4 is 44.1 Å². The van der Waals surface area contributed by atoms with Gasteiger partial charge in [0.1, 0.15) is 42.5 Å². The molecule has 0 heterocycles. The zero-order chi connectivity index (χ0) is 55.1. The number of carboxylic acid groups (broad SMARTS) is 1. The lowest BCUT2D eigenvalue weighted by atomic mass is 9.84. The van der Waals surface area contributed by atoms with Crippen LogP contribution in [0.1, 0.15) is 122 Å². The van der Waals surface area contributed by atoms with Crippen LogP contribution in [0.3, 0.4) is 0 Å². The van der Waals surface area contributed by atoms with E-state index in [-0.39, 0.29) is 69.1 Å². The third-order valence-corrected chi connectivity index (χ3v) is 14.4. The van der Waals surface area contributed by atoms with Gasteiger partial charge in [-0.1, -0.05) is 75.4 Å². The first kappa shape index (κ1) is 62.2. The number of benzene rings is 4. The molecule has 404 valence electrons. The summed E-state index contributed by atoms with van der Waals surface area (Å²) < 4.78 is 38.9. The lowest BCUT2D eigenvalue weighted by Crippen LogP contribution is -2.45. The van der Waals surface area contributed by atoms with E-state index < -0.39 is 43.1 Å². The third-order valence-electron chi connectivity index (χ3n) is 11.5. The number of hydrogen-bond donors (Lipinski definition) is 3. The number of carbonyl (C=O) groups excluding carboxylic acids is 5. The van der Waals surface area contributed by atoms with Gasteiger partial charge in [-0.15, -0.1) is 0 Å². The molecule has 0 amide bonds. The van der Waals surface area contributed by atoms with Crippen LogP contribution in [0.4, 0.5) is 0 Å². The van der Waals surface area contributed by atoms with Crippen LogP contribution in [0.15, 0.2) is 103 Å². The molecule has 0 fully saturated rings. The Morgan fingerprint density at radius 3 is 1.45 bits per heavy atom. The summed E-state index contributed by atoms with van der Waals surface area (Å²) in [7, 11) is 1.31. The number of carboxylic acids is 1. The number of ether oxygens (including phenoxy) is 4. The molecule has 4 rings (SSSR count). The monoisotopic (exact) mass is 1050 g/mol. The molecule has 0 spiro atoms. The quantitative estimate of drug-likeness (QED) is 0.0194. The predicted octanol–water partition coefficient (Wildman–Crippen LogP) is 8.01. The Kier molecular flexibility index (Phi) is 24.9. The Balaban J connectivity index is 0.000000519. The van der Waals surface area contributed by atoms with Gasteiger partial charge >= 0.3 is 26.7 Å². The van der Waals surface area contributed by atoms with Crippen LogP contribution >= 0.6 is 0 Å². The van der Waals surface area contributed by atoms with Gasteiger partial charge in [0.05, 0.1) is 33.0 Å². The van der Waals surface area contributed by atoms with Gasteiger partial charge in [0.15, 0.2) is 17.3 Å². The van der Waals surface area contributed by atoms with Crippen molar-refractivity contribution in [2.24, 2.45) is 5.41 Å². The summed E-state index contributed by atoms with van der Waals surface area (Å²) in [6.45, 7) is 13.2. The number of methoxy groups -OCH3 is 1. The van der Waals surface area contributed by atoms with E-state index in [0.29, 0.717) is 60.3 Å². The molecule has 1 atom stereocenters. The fraction of sp³-hybridized carbons (Fsp3) is 0.464. The Hall–Kier alpha value is -6.12. The van der Waals surface area contributed by atoms with E-state index in [0.717, 1.165) is 11.1 Å². The van der Waals surface area contributed by atoms with E-state index >= 15 is 0 Å². The highest BCUT2D eigenvalue weighted by molar-refractivity contribution is 6.60.